The van der Waals surface area contributed by atoms with Crippen LogP contribution in [0.1, 0.15) is 105 Å². The van der Waals surface area contributed by atoms with E-state index in [1.54, 1.807) is 0 Å². The summed E-state index contributed by atoms with van der Waals surface area (Å²) in [5, 5.41) is 0. The molecule has 0 N–H and O–H groups in total. The molecular weight excluding hydrogens is 626 g/mol. The number of carbonyl (C=O) groups excluding carboxylic acids is 1. The molecule has 0 bridgehead atoms. The summed E-state index contributed by atoms with van der Waals surface area (Å²) >= 11 is 0. The molecule has 8 atom stereocenters. The highest BCUT2D eigenvalue weighted by Gasteiger charge is 2.75. The fourth-order valence-corrected chi connectivity index (χ4v) is 10.7. The number of halogens is 6. The Kier molecular flexibility index (Phi) is 10.1. The quantitative estimate of drug-likeness (QED) is 0.105. The van der Waals surface area contributed by atoms with Gasteiger partial charge in [-0.3, -0.25) is 0 Å². The highest BCUT2D eigenvalue weighted by molar-refractivity contribution is 7.85. The van der Waals surface area contributed by atoms with Crippen molar-refractivity contribution in [3.63, 3.8) is 0 Å². The molecule has 0 aromatic carbocycles. The van der Waals surface area contributed by atoms with Gasteiger partial charge in [0.15, 0.2) is 0 Å². The fraction of sp³-hybridized carbons (Fsp3) is 0.906. The lowest BCUT2D eigenvalue weighted by atomic mass is 9.47. The number of rotatable bonds is 9. The Morgan fingerprint density at radius 2 is 1.62 bits per heavy atom. The van der Waals surface area contributed by atoms with Crippen LogP contribution in [0.3, 0.4) is 0 Å². The molecule has 3 fully saturated rings. The Morgan fingerprint density at radius 1 is 0.978 bits per heavy atom. The summed E-state index contributed by atoms with van der Waals surface area (Å²) in [6.07, 6.45) is -4.11. The van der Waals surface area contributed by atoms with Crippen molar-refractivity contribution < 1.29 is 53.6 Å². The molecule has 0 amide bonds. The van der Waals surface area contributed by atoms with Gasteiger partial charge in [-0.1, -0.05) is 65.5 Å². The molecular formula is C32H47F6O6S-. The summed E-state index contributed by atoms with van der Waals surface area (Å²) in [7, 11) is -6.12. The van der Waals surface area contributed by atoms with Crippen LogP contribution in [0.4, 0.5) is 31.1 Å². The first-order valence-electron chi connectivity index (χ1n) is 16.2. The first-order valence-corrected chi connectivity index (χ1v) is 17.8. The minimum Gasteiger partial charge on any atom is -0.748 e. The van der Waals surface area contributed by atoms with Crippen LogP contribution >= 0.6 is 0 Å². The van der Waals surface area contributed by atoms with Crippen LogP contribution in [-0.2, 0) is 19.6 Å². The molecule has 45 heavy (non-hydrogen) atoms. The summed E-state index contributed by atoms with van der Waals surface area (Å²) in [5.41, 5.74) is -4.52. The van der Waals surface area contributed by atoms with E-state index in [0.717, 1.165) is 24.8 Å². The molecule has 0 aromatic rings. The van der Waals surface area contributed by atoms with Gasteiger partial charge in [0, 0.05) is 6.42 Å². The molecule has 4 aliphatic rings. The van der Waals surface area contributed by atoms with Crippen molar-refractivity contribution >= 4 is 16.3 Å². The van der Waals surface area contributed by atoms with Crippen molar-refractivity contribution in [2.75, 3.05) is 5.75 Å². The second-order valence-electron chi connectivity index (χ2n) is 15.1. The smallest absolute Gasteiger partial charge is 0.509 e. The highest BCUT2D eigenvalue weighted by atomic mass is 32.2. The number of ether oxygens (including phenoxy) is 2. The average Bonchev–Trinajstić information content (AvgIpc) is 3.23. The number of fused-ring (bicyclic) bond motifs is 5. The first kappa shape index (κ1) is 36.3. The third kappa shape index (κ3) is 7.04. The normalized spacial score (nSPS) is 34.8. The molecule has 4 aliphatic carbocycles. The van der Waals surface area contributed by atoms with Crippen molar-refractivity contribution in [1.29, 1.82) is 0 Å². The van der Waals surface area contributed by atoms with Crippen molar-refractivity contribution in [3.8, 4) is 0 Å². The summed E-state index contributed by atoms with van der Waals surface area (Å²) in [6.45, 7) is 11.6. The molecule has 0 heterocycles. The van der Waals surface area contributed by atoms with Gasteiger partial charge in [-0.15, -0.1) is 0 Å². The Bertz CT molecular complexity index is 1220. The third-order valence-electron chi connectivity index (χ3n) is 12.1. The Hall–Kier alpha value is -1.50. The van der Waals surface area contributed by atoms with E-state index in [1.165, 1.54) is 32.1 Å². The highest BCUT2D eigenvalue weighted by Crippen LogP contribution is 2.67. The molecule has 260 valence electrons. The molecule has 3 saturated carbocycles. The van der Waals surface area contributed by atoms with Crippen LogP contribution in [-0.4, -0.2) is 48.9 Å². The monoisotopic (exact) mass is 673 g/mol. The Morgan fingerprint density at radius 3 is 2.20 bits per heavy atom. The van der Waals surface area contributed by atoms with Crippen molar-refractivity contribution in [1.82, 2.24) is 0 Å². The van der Waals surface area contributed by atoms with Crippen molar-refractivity contribution in [2.45, 2.75) is 129 Å². The largest absolute Gasteiger partial charge is 0.748 e. The van der Waals surface area contributed by atoms with Gasteiger partial charge in [0.1, 0.15) is 6.10 Å². The molecule has 0 aliphatic heterocycles. The van der Waals surface area contributed by atoms with Crippen LogP contribution < -0.4 is 0 Å². The lowest BCUT2D eigenvalue weighted by Gasteiger charge is -2.58. The maximum Gasteiger partial charge on any atom is 0.509 e. The molecule has 0 radical (unpaired) electrons. The van der Waals surface area contributed by atoms with Crippen LogP contribution in [0.15, 0.2) is 11.6 Å². The van der Waals surface area contributed by atoms with Gasteiger partial charge in [0.05, 0.1) is 15.9 Å². The van der Waals surface area contributed by atoms with E-state index in [1.807, 2.05) is 0 Å². The van der Waals surface area contributed by atoms with Crippen LogP contribution in [0, 0.1) is 46.3 Å². The van der Waals surface area contributed by atoms with E-state index in [0.29, 0.717) is 41.9 Å². The molecule has 4 rings (SSSR count). The van der Waals surface area contributed by atoms with Gasteiger partial charge in [-0.2, -0.15) is 26.3 Å². The van der Waals surface area contributed by atoms with E-state index < -0.39 is 46.1 Å². The van der Waals surface area contributed by atoms with Gasteiger partial charge in [-0.25, -0.2) is 13.2 Å². The molecule has 6 nitrogen and oxygen atoms in total. The van der Waals surface area contributed by atoms with Crippen molar-refractivity contribution in [3.05, 3.63) is 11.6 Å². The number of hydrogen-bond donors (Lipinski definition) is 0. The van der Waals surface area contributed by atoms with Crippen LogP contribution in [0.2, 0.25) is 0 Å². The third-order valence-corrected chi connectivity index (χ3v) is 12.8. The standard InChI is InChI=1S/C32H48F6O6S/c1-19(2)7-6-8-20(3)24-11-12-25-23-10-9-21-17-22(13-15-28(21,4)26(23)14-16-29(24,25)5)43-27(39)44-30(31(33,34)35,32(36,37)38)18-45(40,41)42/h9,19-20,22-26H,6-8,10-18H2,1-5H3,(H,40,41,42)/p-1. The van der Waals surface area contributed by atoms with E-state index >= 15 is 0 Å². The fourth-order valence-electron chi connectivity index (χ4n) is 9.77. The first-order chi connectivity index (χ1) is 20.5. The number of alkyl halides is 6. The summed E-state index contributed by atoms with van der Waals surface area (Å²) in [5.74, 6) is 0.450. The van der Waals surface area contributed by atoms with E-state index in [2.05, 4.69) is 45.4 Å². The predicted octanol–water partition coefficient (Wildman–Crippen LogP) is 8.96. The van der Waals surface area contributed by atoms with Crippen LogP contribution in [0.5, 0.6) is 0 Å². The summed E-state index contributed by atoms with van der Waals surface area (Å²) in [4.78, 5) is 12.4. The van der Waals surface area contributed by atoms with Gasteiger partial charge in [-0.05, 0) is 91.3 Å². The van der Waals surface area contributed by atoms with Gasteiger partial charge < -0.3 is 14.0 Å². The molecule has 13 heteroatoms. The minimum atomic E-state index is -6.44. The Balaban J connectivity index is 1.45. The van der Waals surface area contributed by atoms with Gasteiger partial charge in [0.2, 0.25) is 0 Å². The van der Waals surface area contributed by atoms with Crippen LogP contribution in [0.25, 0.3) is 0 Å². The SMILES string of the molecule is CC(C)CCCC(C)C1CCC2C3CC=C4CC(OC(=O)OC(CS(=O)(=O)[O-])(C(F)(F)F)C(F)(F)F)CCC4(C)C3CCC12C. The zero-order valence-corrected chi connectivity index (χ0v) is 27.5. The number of carbonyl (C=O) groups is 1. The number of allylic oxidation sites excluding steroid dienone is 1. The van der Waals surface area contributed by atoms with E-state index in [9.17, 15) is 44.1 Å². The van der Waals surface area contributed by atoms with E-state index in [-0.39, 0.29) is 23.7 Å². The van der Waals surface area contributed by atoms with Gasteiger partial charge in [0.25, 0.3) is 0 Å². The minimum absolute atomic E-state index is 0.136. The predicted molar refractivity (Wildman–Crippen MR) is 154 cm³/mol. The zero-order chi connectivity index (χ0) is 33.8. The summed E-state index contributed by atoms with van der Waals surface area (Å²) < 4.78 is 123. The lowest BCUT2D eigenvalue weighted by Crippen LogP contribution is -2.63. The number of hydrogen-bond acceptors (Lipinski definition) is 6. The second-order valence-corrected chi connectivity index (χ2v) is 16.6. The zero-order valence-electron chi connectivity index (χ0n) is 26.7. The van der Waals surface area contributed by atoms with Crippen molar-refractivity contribution in [2.24, 2.45) is 46.3 Å². The second kappa shape index (κ2) is 12.5. The topological polar surface area (TPSA) is 92.7 Å². The molecule has 0 aromatic heterocycles. The summed E-state index contributed by atoms with van der Waals surface area (Å²) in [6, 6.07) is 0. The average molecular weight is 674 g/mol. The van der Waals surface area contributed by atoms with Gasteiger partial charge >= 0.3 is 24.1 Å². The maximum absolute atomic E-state index is 13.6. The lowest BCUT2D eigenvalue weighted by molar-refractivity contribution is -0.360. The maximum atomic E-state index is 13.6. The molecule has 8 unspecified atom stereocenters. The Labute approximate surface area is 262 Å². The molecule has 0 spiro atoms. The van der Waals surface area contributed by atoms with E-state index in [4.69, 9.17) is 4.74 Å². The molecule has 0 saturated heterocycles.